The Bertz CT molecular complexity index is 678. The van der Waals surface area contributed by atoms with Gasteiger partial charge in [-0.15, -0.1) is 0 Å². The smallest absolute Gasteiger partial charge is 0.162 e. The van der Waals surface area contributed by atoms with Crippen LogP contribution in [0, 0.1) is 11.6 Å². The molecule has 0 saturated heterocycles. The Kier molecular flexibility index (Phi) is 3.44. The molecular weight excluding hydrogens is 307 g/mol. The van der Waals surface area contributed by atoms with Crippen molar-refractivity contribution in [3.8, 4) is 5.75 Å². The van der Waals surface area contributed by atoms with Crippen molar-refractivity contribution in [1.29, 1.82) is 0 Å². The Labute approximate surface area is 124 Å². The van der Waals surface area contributed by atoms with Gasteiger partial charge in [0.25, 0.3) is 0 Å². The summed E-state index contributed by atoms with van der Waals surface area (Å²) in [6, 6.07) is 6.47. The Morgan fingerprint density at radius 2 is 1.95 bits per heavy atom. The predicted octanol–water partition coefficient (Wildman–Crippen LogP) is 4.82. The second-order valence-corrected chi connectivity index (χ2v) is 5.26. The minimum atomic E-state index is -0.656. The molecule has 0 bridgehead atoms. The first kappa shape index (κ1) is 13.5. The maximum absolute atomic E-state index is 13.8. The number of anilines is 1. The number of rotatable bonds is 1. The van der Waals surface area contributed by atoms with E-state index in [1.165, 1.54) is 6.07 Å². The van der Waals surface area contributed by atoms with Crippen molar-refractivity contribution in [2.45, 2.75) is 6.10 Å². The van der Waals surface area contributed by atoms with Crippen LogP contribution < -0.4 is 10.1 Å². The van der Waals surface area contributed by atoms with Gasteiger partial charge in [-0.25, -0.2) is 8.78 Å². The lowest BCUT2D eigenvalue weighted by Crippen LogP contribution is -2.24. The first-order valence-electron chi connectivity index (χ1n) is 5.89. The van der Waals surface area contributed by atoms with E-state index in [9.17, 15) is 8.78 Å². The van der Waals surface area contributed by atoms with Crippen LogP contribution in [0.4, 0.5) is 14.5 Å². The second kappa shape index (κ2) is 5.11. The molecule has 6 heteroatoms. The molecule has 2 nitrogen and oxygen atoms in total. The molecule has 20 heavy (non-hydrogen) atoms. The predicted molar refractivity (Wildman–Crippen MR) is 74.7 cm³/mol. The molecule has 2 aromatic carbocycles. The minimum Gasteiger partial charge on any atom is -0.480 e. The highest BCUT2D eigenvalue weighted by molar-refractivity contribution is 6.36. The molecule has 1 N–H and O–H groups in total. The van der Waals surface area contributed by atoms with Crippen LogP contribution in [0.3, 0.4) is 0 Å². The van der Waals surface area contributed by atoms with Gasteiger partial charge in [-0.3, -0.25) is 0 Å². The van der Waals surface area contributed by atoms with Gasteiger partial charge in [-0.05, 0) is 30.3 Å². The Hall–Kier alpha value is -1.52. The molecule has 3 rings (SSSR count). The fraction of sp³-hybridized carbons (Fsp3) is 0.143. The molecule has 0 fully saturated rings. The van der Waals surface area contributed by atoms with E-state index >= 15 is 0 Å². The van der Waals surface area contributed by atoms with Crippen molar-refractivity contribution in [3.05, 3.63) is 57.6 Å². The Morgan fingerprint density at radius 1 is 1.15 bits per heavy atom. The third-order valence-electron chi connectivity index (χ3n) is 3.05. The molecule has 2 aromatic rings. The summed E-state index contributed by atoms with van der Waals surface area (Å²) in [4.78, 5) is 0. The Morgan fingerprint density at radius 3 is 2.75 bits per heavy atom. The lowest BCUT2D eigenvalue weighted by molar-refractivity contribution is 0.205. The molecule has 1 atom stereocenters. The maximum atomic E-state index is 13.8. The average Bonchev–Trinajstić information content (AvgIpc) is 2.41. The zero-order valence-electron chi connectivity index (χ0n) is 10.1. The number of hydrogen-bond acceptors (Lipinski definition) is 2. The van der Waals surface area contributed by atoms with Crippen molar-refractivity contribution in [3.63, 3.8) is 0 Å². The minimum absolute atomic E-state index is 0.147. The fourth-order valence-corrected chi connectivity index (χ4v) is 2.67. The molecule has 0 saturated carbocycles. The molecule has 0 radical (unpaired) electrons. The SMILES string of the molecule is Fc1ccc(F)c(C2CNc3cc(Cl)cc(Cl)c3O2)c1. The van der Waals surface area contributed by atoms with Crippen molar-refractivity contribution < 1.29 is 13.5 Å². The van der Waals surface area contributed by atoms with E-state index in [2.05, 4.69) is 5.32 Å². The van der Waals surface area contributed by atoms with Crippen molar-refractivity contribution in [2.75, 3.05) is 11.9 Å². The molecule has 1 aliphatic rings. The Balaban J connectivity index is 1.98. The zero-order valence-corrected chi connectivity index (χ0v) is 11.6. The second-order valence-electron chi connectivity index (χ2n) is 4.42. The zero-order chi connectivity index (χ0) is 14.3. The van der Waals surface area contributed by atoms with Gasteiger partial charge in [0.1, 0.15) is 17.7 Å². The summed E-state index contributed by atoms with van der Waals surface area (Å²) in [5.41, 5.74) is 0.782. The number of halogens is 4. The fourth-order valence-electron chi connectivity index (χ4n) is 2.13. The van der Waals surface area contributed by atoms with Crippen LogP contribution in [0.1, 0.15) is 11.7 Å². The van der Waals surface area contributed by atoms with Crippen LogP contribution in [0.15, 0.2) is 30.3 Å². The lowest BCUT2D eigenvalue weighted by atomic mass is 10.1. The number of nitrogens with one attached hydrogen (secondary N) is 1. The number of hydrogen-bond donors (Lipinski definition) is 1. The highest BCUT2D eigenvalue weighted by Gasteiger charge is 2.26. The lowest BCUT2D eigenvalue weighted by Gasteiger charge is -2.28. The van der Waals surface area contributed by atoms with Gasteiger partial charge in [-0.1, -0.05) is 23.2 Å². The van der Waals surface area contributed by atoms with Crippen molar-refractivity contribution >= 4 is 28.9 Å². The normalized spacial score (nSPS) is 17.1. The molecule has 0 aliphatic carbocycles. The van der Waals surface area contributed by atoms with E-state index in [4.69, 9.17) is 27.9 Å². The summed E-state index contributed by atoms with van der Waals surface area (Å²) < 4.78 is 32.7. The van der Waals surface area contributed by atoms with Crippen molar-refractivity contribution in [2.24, 2.45) is 0 Å². The summed E-state index contributed by atoms with van der Waals surface area (Å²) in [5.74, 6) is -0.652. The van der Waals surface area contributed by atoms with Crippen LogP contribution in [-0.4, -0.2) is 6.54 Å². The highest BCUT2D eigenvalue weighted by Crippen LogP contribution is 2.42. The van der Waals surface area contributed by atoms with Gasteiger partial charge in [0.2, 0.25) is 0 Å². The first-order valence-corrected chi connectivity index (χ1v) is 6.64. The monoisotopic (exact) mass is 315 g/mol. The van der Waals surface area contributed by atoms with Gasteiger partial charge in [-0.2, -0.15) is 0 Å². The van der Waals surface area contributed by atoms with Gasteiger partial charge >= 0.3 is 0 Å². The van der Waals surface area contributed by atoms with Crippen molar-refractivity contribution in [1.82, 2.24) is 0 Å². The molecule has 0 spiro atoms. The van der Waals surface area contributed by atoms with Crippen LogP contribution in [0.25, 0.3) is 0 Å². The van der Waals surface area contributed by atoms with Gasteiger partial charge in [0.15, 0.2) is 5.75 Å². The first-order chi connectivity index (χ1) is 9.54. The average molecular weight is 316 g/mol. The molecule has 0 aromatic heterocycles. The van der Waals surface area contributed by atoms with Crippen LogP contribution >= 0.6 is 23.2 Å². The van der Waals surface area contributed by atoms with E-state index in [1.807, 2.05) is 0 Å². The van der Waals surface area contributed by atoms with E-state index in [0.29, 0.717) is 28.0 Å². The number of benzene rings is 2. The van der Waals surface area contributed by atoms with E-state index < -0.39 is 17.7 Å². The largest absolute Gasteiger partial charge is 0.480 e. The topological polar surface area (TPSA) is 21.3 Å². The van der Waals surface area contributed by atoms with Gasteiger partial charge in [0, 0.05) is 10.6 Å². The third-order valence-corrected chi connectivity index (χ3v) is 3.55. The molecule has 104 valence electrons. The third kappa shape index (κ3) is 2.41. The highest BCUT2D eigenvalue weighted by atomic mass is 35.5. The molecule has 0 amide bonds. The summed E-state index contributed by atoms with van der Waals surface area (Å²) in [6.07, 6.45) is -0.656. The molecule has 1 aliphatic heterocycles. The summed E-state index contributed by atoms with van der Waals surface area (Å²) >= 11 is 11.9. The summed E-state index contributed by atoms with van der Waals surface area (Å²) in [7, 11) is 0. The van der Waals surface area contributed by atoms with Gasteiger partial charge < -0.3 is 10.1 Å². The standard InChI is InChI=1S/C14H9Cl2F2NO/c15-7-3-10(16)14-12(4-7)19-6-13(20-14)9-5-8(17)1-2-11(9)18/h1-5,13,19H,6H2. The van der Waals surface area contributed by atoms with E-state index in [-0.39, 0.29) is 5.56 Å². The van der Waals surface area contributed by atoms with Gasteiger partial charge in [0.05, 0.1) is 17.3 Å². The quantitative estimate of drug-likeness (QED) is 0.814. The summed E-state index contributed by atoms with van der Waals surface area (Å²) in [5, 5.41) is 3.85. The maximum Gasteiger partial charge on any atom is 0.162 e. The van der Waals surface area contributed by atoms with Crippen LogP contribution in [-0.2, 0) is 0 Å². The van der Waals surface area contributed by atoms with Crippen LogP contribution in [0.5, 0.6) is 5.75 Å². The van der Waals surface area contributed by atoms with E-state index in [1.54, 1.807) is 6.07 Å². The molecular formula is C14H9Cl2F2NO. The molecule has 1 heterocycles. The van der Waals surface area contributed by atoms with E-state index in [0.717, 1.165) is 18.2 Å². The number of fused-ring (bicyclic) bond motifs is 1. The van der Waals surface area contributed by atoms with Crippen LogP contribution in [0.2, 0.25) is 10.0 Å². The summed E-state index contributed by atoms with van der Waals surface area (Å²) in [6.45, 7) is 0.296. The number of ether oxygens (including phenoxy) is 1. The molecule has 1 unspecified atom stereocenters.